The molecule has 1 aromatic heterocycles. The lowest BCUT2D eigenvalue weighted by molar-refractivity contribution is 0.149. The van der Waals surface area contributed by atoms with E-state index in [4.69, 9.17) is 0 Å². The van der Waals surface area contributed by atoms with Crippen LogP contribution in [0.4, 0.5) is 0 Å². The third kappa shape index (κ3) is 3.61. The van der Waals surface area contributed by atoms with E-state index in [1.54, 1.807) is 7.05 Å². The first-order valence-corrected chi connectivity index (χ1v) is 6.38. The molecule has 0 saturated heterocycles. The Labute approximate surface area is 88.8 Å². The lowest BCUT2D eigenvalue weighted by Gasteiger charge is -2.08. The van der Waals surface area contributed by atoms with Crippen LogP contribution >= 0.6 is 0 Å². The molecule has 0 radical (unpaired) electrons. The Balaban J connectivity index is 2.69. The van der Waals surface area contributed by atoms with E-state index in [2.05, 4.69) is 10.4 Å². The summed E-state index contributed by atoms with van der Waals surface area (Å²) in [6.45, 7) is 0.713. The first-order valence-electron chi connectivity index (χ1n) is 4.48. The van der Waals surface area contributed by atoms with Crippen molar-refractivity contribution in [3.05, 3.63) is 12.4 Å². The van der Waals surface area contributed by atoms with E-state index < -0.39 is 15.9 Å². The number of sulfone groups is 1. The quantitative estimate of drug-likeness (QED) is 0.672. The van der Waals surface area contributed by atoms with Gasteiger partial charge in [0.05, 0.1) is 18.8 Å². The summed E-state index contributed by atoms with van der Waals surface area (Å²) in [4.78, 5) is 0.166. The summed E-state index contributed by atoms with van der Waals surface area (Å²) < 4.78 is 23.7. The van der Waals surface area contributed by atoms with Crippen LogP contribution in [0.3, 0.4) is 0 Å². The summed E-state index contributed by atoms with van der Waals surface area (Å²) in [5.74, 6) is 0. The Kier molecular flexibility index (Phi) is 3.83. The number of hydrogen-bond acceptors (Lipinski definition) is 5. The summed E-state index contributed by atoms with van der Waals surface area (Å²) in [6.07, 6.45) is 3.23. The van der Waals surface area contributed by atoms with Crippen molar-refractivity contribution in [2.24, 2.45) is 0 Å². The Morgan fingerprint density at radius 1 is 1.67 bits per heavy atom. The van der Waals surface area contributed by atoms with Gasteiger partial charge < -0.3 is 10.4 Å². The number of rotatable bonds is 5. The van der Waals surface area contributed by atoms with Crippen molar-refractivity contribution in [2.45, 2.75) is 17.5 Å². The number of likely N-dealkylation sites (N-methyl/N-ethyl adjacent to an activating group) is 1. The van der Waals surface area contributed by atoms with Crippen molar-refractivity contribution >= 4 is 9.84 Å². The predicted molar refractivity (Wildman–Crippen MR) is 55.3 cm³/mol. The molecule has 0 saturated carbocycles. The molecule has 86 valence electrons. The van der Waals surface area contributed by atoms with Gasteiger partial charge in [-0.2, -0.15) is 5.10 Å². The van der Waals surface area contributed by atoms with Crippen molar-refractivity contribution in [3.63, 3.8) is 0 Å². The van der Waals surface area contributed by atoms with Crippen molar-refractivity contribution < 1.29 is 13.5 Å². The molecule has 0 spiro atoms. The van der Waals surface area contributed by atoms with Gasteiger partial charge in [0.1, 0.15) is 4.90 Å². The first-order chi connectivity index (χ1) is 6.93. The van der Waals surface area contributed by atoms with Crippen LogP contribution in [0.2, 0.25) is 0 Å². The van der Waals surface area contributed by atoms with Gasteiger partial charge in [0, 0.05) is 19.0 Å². The van der Waals surface area contributed by atoms with Crippen molar-refractivity contribution in [3.8, 4) is 0 Å². The van der Waals surface area contributed by atoms with Gasteiger partial charge >= 0.3 is 0 Å². The van der Waals surface area contributed by atoms with E-state index in [9.17, 15) is 13.5 Å². The molecule has 2 N–H and O–H groups in total. The molecule has 1 rings (SSSR count). The molecule has 0 aromatic carbocycles. The second kappa shape index (κ2) is 4.73. The topological polar surface area (TPSA) is 84.2 Å². The second-order valence-corrected chi connectivity index (χ2v) is 5.40. The highest BCUT2D eigenvalue weighted by atomic mass is 32.2. The normalized spacial score (nSPS) is 14.1. The molecule has 7 heteroatoms. The average Bonchev–Trinajstić information content (AvgIpc) is 2.52. The maximum Gasteiger partial charge on any atom is 0.178 e. The van der Waals surface area contributed by atoms with Crippen LogP contribution in [0.25, 0.3) is 0 Å². The Hall–Kier alpha value is -0.920. The fourth-order valence-electron chi connectivity index (χ4n) is 1.15. The zero-order valence-corrected chi connectivity index (χ0v) is 9.53. The van der Waals surface area contributed by atoms with Gasteiger partial charge in [0.15, 0.2) is 9.84 Å². The lowest BCUT2D eigenvalue weighted by atomic mass is 10.3. The average molecular weight is 233 g/mol. The highest BCUT2D eigenvalue weighted by Gasteiger charge is 2.11. The molecule has 1 unspecified atom stereocenters. The van der Waals surface area contributed by atoms with E-state index in [-0.39, 0.29) is 11.4 Å². The molecule has 0 bridgehead atoms. The van der Waals surface area contributed by atoms with Crippen LogP contribution in [0.5, 0.6) is 0 Å². The van der Waals surface area contributed by atoms with E-state index >= 15 is 0 Å². The van der Waals surface area contributed by atoms with Gasteiger partial charge in [-0.25, -0.2) is 8.42 Å². The first kappa shape index (κ1) is 12.2. The fourth-order valence-corrected chi connectivity index (χ4v) is 1.70. The monoisotopic (exact) mass is 233 g/mol. The summed E-state index contributed by atoms with van der Waals surface area (Å²) in [5, 5.41) is 16.1. The molecule has 0 aliphatic rings. The van der Waals surface area contributed by atoms with Crippen LogP contribution in [-0.4, -0.2) is 49.3 Å². The maximum atomic E-state index is 11.1. The van der Waals surface area contributed by atoms with Gasteiger partial charge in [-0.1, -0.05) is 0 Å². The molecule has 1 atom stereocenters. The summed E-state index contributed by atoms with van der Waals surface area (Å²) >= 11 is 0. The van der Waals surface area contributed by atoms with Crippen LogP contribution in [-0.2, 0) is 16.4 Å². The zero-order chi connectivity index (χ0) is 11.5. The van der Waals surface area contributed by atoms with Gasteiger partial charge in [-0.05, 0) is 7.05 Å². The minimum absolute atomic E-state index is 0.166. The van der Waals surface area contributed by atoms with Crippen LogP contribution < -0.4 is 5.32 Å². The Morgan fingerprint density at radius 2 is 2.33 bits per heavy atom. The molecule has 0 aliphatic heterocycles. The van der Waals surface area contributed by atoms with Gasteiger partial charge in [-0.15, -0.1) is 0 Å². The molecule has 0 fully saturated rings. The van der Waals surface area contributed by atoms with Crippen LogP contribution in [0.15, 0.2) is 17.3 Å². The Bertz CT molecular complexity index is 413. The number of nitrogens with one attached hydrogen (secondary N) is 1. The highest BCUT2D eigenvalue weighted by molar-refractivity contribution is 7.90. The molecule has 0 amide bonds. The maximum absolute atomic E-state index is 11.1. The van der Waals surface area contributed by atoms with E-state index in [0.29, 0.717) is 6.54 Å². The highest BCUT2D eigenvalue weighted by Crippen LogP contribution is 2.06. The van der Waals surface area contributed by atoms with E-state index in [0.717, 1.165) is 6.26 Å². The molecule has 15 heavy (non-hydrogen) atoms. The van der Waals surface area contributed by atoms with Gasteiger partial charge in [-0.3, -0.25) is 4.68 Å². The van der Waals surface area contributed by atoms with E-state index in [1.807, 2.05) is 0 Å². The standard InChI is InChI=1S/C8H15N3O3S/c1-9-3-7(12)5-11-6-8(4-10-11)15(2,13)14/h4,6-7,9,12H,3,5H2,1-2H3. The van der Waals surface area contributed by atoms with Crippen molar-refractivity contribution in [2.75, 3.05) is 19.8 Å². The van der Waals surface area contributed by atoms with Gasteiger partial charge in [0.2, 0.25) is 0 Å². The largest absolute Gasteiger partial charge is 0.390 e. The third-order valence-corrected chi connectivity index (χ3v) is 2.94. The van der Waals surface area contributed by atoms with Crippen molar-refractivity contribution in [1.82, 2.24) is 15.1 Å². The molecule has 6 nitrogen and oxygen atoms in total. The molecule has 0 aliphatic carbocycles. The van der Waals surface area contributed by atoms with Crippen molar-refractivity contribution in [1.29, 1.82) is 0 Å². The predicted octanol–water partition coefficient (Wildman–Crippen LogP) is -1.13. The zero-order valence-electron chi connectivity index (χ0n) is 8.71. The second-order valence-electron chi connectivity index (χ2n) is 3.38. The molecular weight excluding hydrogens is 218 g/mol. The summed E-state index contributed by atoms with van der Waals surface area (Å²) in [7, 11) is -1.48. The summed E-state index contributed by atoms with van der Waals surface area (Å²) in [5.41, 5.74) is 0. The molecule has 1 heterocycles. The number of hydrogen-bond donors (Lipinski definition) is 2. The van der Waals surface area contributed by atoms with Crippen LogP contribution in [0.1, 0.15) is 0 Å². The lowest BCUT2D eigenvalue weighted by Crippen LogP contribution is -2.27. The Morgan fingerprint density at radius 3 is 2.80 bits per heavy atom. The number of aliphatic hydroxyl groups excluding tert-OH is 1. The fraction of sp³-hybridized carbons (Fsp3) is 0.625. The smallest absolute Gasteiger partial charge is 0.178 e. The minimum Gasteiger partial charge on any atom is -0.390 e. The number of nitrogens with zero attached hydrogens (tertiary/aromatic N) is 2. The summed E-state index contributed by atoms with van der Waals surface area (Å²) in [6, 6.07) is 0. The number of aliphatic hydroxyl groups is 1. The molecule has 1 aromatic rings. The third-order valence-electron chi connectivity index (χ3n) is 1.88. The number of aromatic nitrogens is 2. The van der Waals surface area contributed by atoms with Crippen LogP contribution in [0, 0.1) is 0 Å². The SMILES string of the molecule is CNCC(O)Cn1cc(S(C)(=O)=O)cn1. The minimum atomic E-state index is -3.21. The van der Waals surface area contributed by atoms with Gasteiger partial charge in [0.25, 0.3) is 0 Å². The molecular formula is C8H15N3O3S. The van der Waals surface area contributed by atoms with E-state index in [1.165, 1.54) is 17.1 Å².